The van der Waals surface area contributed by atoms with E-state index in [-0.39, 0.29) is 6.04 Å². The van der Waals surface area contributed by atoms with Crippen molar-refractivity contribution >= 4 is 11.6 Å². The van der Waals surface area contributed by atoms with Crippen LogP contribution in [0.3, 0.4) is 0 Å². The van der Waals surface area contributed by atoms with E-state index in [4.69, 9.17) is 17.3 Å². The highest BCUT2D eigenvalue weighted by Crippen LogP contribution is 2.13. The second-order valence-corrected chi connectivity index (χ2v) is 3.73. The van der Waals surface area contributed by atoms with Gasteiger partial charge in [0.15, 0.2) is 0 Å². The molecule has 1 aromatic carbocycles. The average molecular weight is 226 g/mol. The summed E-state index contributed by atoms with van der Waals surface area (Å²) in [6.45, 7) is 2.03. The van der Waals surface area contributed by atoms with E-state index in [1.165, 1.54) is 6.07 Å². The molecule has 0 aliphatic heterocycles. The SMILES string of the molecule is CCCC(N)C#Cc1ccc(Cl)cc1F. The number of nitrogens with two attached hydrogens (primary N) is 1. The lowest BCUT2D eigenvalue weighted by Gasteiger charge is -1.99. The fraction of sp³-hybridized carbons (Fsp3) is 0.333. The average Bonchev–Trinajstić information content (AvgIpc) is 2.17. The Hall–Kier alpha value is -1.04. The zero-order valence-electron chi connectivity index (χ0n) is 8.56. The number of halogens is 2. The maximum atomic E-state index is 13.3. The smallest absolute Gasteiger partial charge is 0.140 e. The quantitative estimate of drug-likeness (QED) is 0.770. The Balaban J connectivity index is 2.80. The number of hydrogen-bond donors (Lipinski definition) is 1. The van der Waals surface area contributed by atoms with Gasteiger partial charge in [-0.15, -0.1) is 0 Å². The first-order valence-electron chi connectivity index (χ1n) is 4.85. The lowest BCUT2D eigenvalue weighted by molar-refractivity contribution is 0.624. The van der Waals surface area contributed by atoms with Gasteiger partial charge in [-0.2, -0.15) is 0 Å². The summed E-state index contributed by atoms with van der Waals surface area (Å²) in [4.78, 5) is 0. The highest BCUT2D eigenvalue weighted by molar-refractivity contribution is 6.30. The van der Waals surface area contributed by atoms with E-state index < -0.39 is 5.82 Å². The number of hydrogen-bond acceptors (Lipinski definition) is 1. The standard InChI is InChI=1S/C12H13ClFN/c1-2-3-11(15)7-5-9-4-6-10(13)8-12(9)14/h4,6,8,11H,2-3,15H2,1H3. The Morgan fingerprint density at radius 2 is 2.27 bits per heavy atom. The van der Waals surface area contributed by atoms with Crippen LogP contribution in [-0.2, 0) is 0 Å². The van der Waals surface area contributed by atoms with Crippen molar-refractivity contribution in [3.63, 3.8) is 0 Å². The first kappa shape index (κ1) is 12.0. The van der Waals surface area contributed by atoms with Gasteiger partial charge in [0, 0.05) is 5.02 Å². The minimum absolute atomic E-state index is 0.190. The summed E-state index contributed by atoms with van der Waals surface area (Å²) in [5, 5.41) is 0.371. The molecule has 1 unspecified atom stereocenters. The molecule has 80 valence electrons. The highest BCUT2D eigenvalue weighted by Gasteiger charge is 2.00. The van der Waals surface area contributed by atoms with Crippen LogP contribution in [0.5, 0.6) is 0 Å². The predicted octanol–water partition coefficient (Wildman–Crippen LogP) is 2.96. The summed E-state index contributed by atoms with van der Waals surface area (Å²) in [5.41, 5.74) is 6.03. The van der Waals surface area contributed by atoms with E-state index >= 15 is 0 Å². The summed E-state index contributed by atoms with van der Waals surface area (Å²) < 4.78 is 13.3. The van der Waals surface area contributed by atoms with Gasteiger partial charge in [0.2, 0.25) is 0 Å². The minimum Gasteiger partial charge on any atom is -0.318 e. The van der Waals surface area contributed by atoms with Crippen LogP contribution in [0.15, 0.2) is 18.2 Å². The lowest BCUT2D eigenvalue weighted by Crippen LogP contribution is -2.16. The van der Waals surface area contributed by atoms with Crippen LogP contribution in [0.2, 0.25) is 5.02 Å². The molecule has 2 N–H and O–H groups in total. The molecule has 0 saturated carbocycles. The molecule has 0 heterocycles. The zero-order valence-corrected chi connectivity index (χ0v) is 9.31. The number of benzene rings is 1. The molecule has 1 nitrogen and oxygen atoms in total. The summed E-state index contributed by atoms with van der Waals surface area (Å²) >= 11 is 5.62. The van der Waals surface area contributed by atoms with Crippen molar-refractivity contribution in [3.8, 4) is 11.8 Å². The Morgan fingerprint density at radius 1 is 1.53 bits per heavy atom. The highest BCUT2D eigenvalue weighted by atomic mass is 35.5. The van der Waals surface area contributed by atoms with Crippen LogP contribution in [0.4, 0.5) is 4.39 Å². The van der Waals surface area contributed by atoms with E-state index in [2.05, 4.69) is 11.8 Å². The molecular weight excluding hydrogens is 213 g/mol. The Kier molecular flexibility index (Phi) is 4.61. The van der Waals surface area contributed by atoms with Crippen molar-refractivity contribution in [2.45, 2.75) is 25.8 Å². The largest absolute Gasteiger partial charge is 0.318 e. The van der Waals surface area contributed by atoms with Gasteiger partial charge in [0.25, 0.3) is 0 Å². The molecule has 0 bridgehead atoms. The van der Waals surface area contributed by atoms with Crippen LogP contribution in [-0.4, -0.2) is 6.04 Å². The molecule has 1 atom stereocenters. The van der Waals surface area contributed by atoms with E-state index in [1.807, 2.05) is 6.92 Å². The van der Waals surface area contributed by atoms with E-state index in [9.17, 15) is 4.39 Å². The first-order valence-corrected chi connectivity index (χ1v) is 5.23. The zero-order chi connectivity index (χ0) is 11.3. The third-order valence-electron chi connectivity index (χ3n) is 1.92. The third-order valence-corrected chi connectivity index (χ3v) is 2.16. The number of rotatable bonds is 2. The first-order chi connectivity index (χ1) is 7.13. The topological polar surface area (TPSA) is 26.0 Å². The summed E-state index contributed by atoms with van der Waals surface area (Å²) in [5.74, 6) is 5.12. The molecule has 15 heavy (non-hydrogen) atoms. The van der Waals surface area contributed by atoms with Crippen molar-refractivity contribution in [3.05, 3.63) is 34.6 Å². The van der Waals surface area contributed by atoms with Crippen LogP contribution < -0.4 is 5.73 Å². The molecule has 0 saturated heterocycles. The maximum Gasteiger partial charge on any atom is 0.140 e. The Bertz CT molecular complexity index is 392. The molecule has 0 spiro atoms. The third kappa shape index (κ3) is 3.91. The monoisotopic (exact) mass is 225 g/mol. The van der Waals surface area contributed by atoms with Crippen molar-refractivity contribution in [2.75, 3.05) is 0 Å². The molecule has 0 radical (unpaired) electrons. The Labute approximate surface area is 94.4 Å². The maximum absolute atomic E-state index is 13.3. The van der Waals surface area contributed by atoms with Crippen LogP contribution >= 0.6 is 11.6 Å². The van der Waals surface area contributed by atoms with Crippen LogP contribution in [0.25, 0.3) is 0 Å². The van der Waals surface area contributed by atoms with Gasteiger partial charge in [-0.25, -0.2) is 4.39 Å². The van der Waals surface area contributed by atoms with Gasteiger partial charge in [-0.1, -0.05) is 36.8 Å². The molecule has 0 aliphatic carbocycles. The molecule has 0 aliphatic rings. The van der Waals surface area contributed by atoms with Gasteiger partial charge in [-0.3, -0.25) is 0 Å². The second-order valence-electron chi connectivity index (χ2n) is 3.29. The second kappa shape index (κ2) is 5.75. The van der Waals surface area contributed by atoms with Gasteiger partial charge < -0.3 is 5.73 Å². The van der Waals surface area contributed by atoms with Crippen molar-refractivity contribution in [2.24, 2.45) is 5.73 Å². The molecule has 0 fully saturated rings. The van der Waals surface area contributed by atoms with E-state index in [0.717, 1.165) is 12.8 Å². The molecule has 0 aromatic heterocycles. The van der Waals surface area contributed by atoms with Gasteiger partial charge in [0.05, 0.1) is 11.6 Å². The summed E-state index contributed by atoms with van der Waals surface area (Å²) in [6, 6.07) is 4.23. The van der Waals surface area contributed by atoms with Crippen LogP contribution in [0, 0.1) is 17.7 Å². The van der Waals surface area contributed by atoms with Crippen molar-refractivity contribution < 1.29 is 4.39 Å². The van der Waals surface area contributed by atoms with Gasteiger partial charge in [0.1, 0.15) is 5.82 Å². The molecular formula is C12H13ClFN. The lowest BCUT2D eigenvalue weighted by atomic mass is 10.1. The summed E-state index contributed by atoms with van der Waals surface area (Å²) in [6.07, 6.45) is 1.79. The summed E-state index contributed by atoms with van der Waals surface area (Å²) in [7, 11) is 0. The van der Waals surface area contributed by atoms with Crippen molar-refractivity contribution in [1.82, 2.24) is 0 Å². The fourth-order valence-corrected chi connectivity index (χ4v) is 1.30. The minimum atomic E-state index is -0.404. The van der Waals surface area contributed by atoms with Crippen LogP contribution in [0.1, 0.15) is 25.3 Å². The van der Waals surface area contributed by atoms with Gasteiger partial charge >= 0.3 is 0 Å². The Morgan fingerprint density at radius 3 is 2.87 bits per heavy atom. The molecule has 1 aromatic rings. The normalized spacial score (nSPS) is 11.7. The predicted molar refractivity (Wildman–Crippen MR) is 61.2 cm³/mol. The van der Waals surface area contributed by atoms with E-state index in [1.54, 1.807) is 12.1 Å². The molecule has 3 heteroatoms. The van der Waals surface area contributed by atoms with Crippen molar-refractivity contribution in [1.29, 1.82) is 0 Å². The molecule has 1 rings (SSSR count). The van der Waals surface area contributed by atoms with Gasteiger partial charge in [-0.05, 0) is 24.6 Å². The molecule has 0 amide bonds. The van der Waals surface area contributed by atoms with E-state index in [0.29, 0.717) is 10.6 Å². The fourth-order valence-electron chi connectivity index (χ4n) is 1.14.